The molecule has 0 aliphatic rings. The van der Waals surface area contributed by atoms with Crippen LogP contribution in [0, 0.1) is 0 Å². The van der Waals surface area contributed by atoms with Gasteiger partial charge in [-0.25, -0.2) is 4.79 Å². The standard InChI is InChI=1S/C12H12N2O2S/c1-2-17-9-5-3-8(4-6-9)11-10(12(15)16)7-13-14-11/h3-7H,2H2,1H3,(H,13,14)(H,15,16). The Morgan fingerprint density at radius 2 is 2.12 bits per heavy atom. The van der Waals surface area contributed by atoms with Gasteiger partial charge in [0.05, 0.1) is 11.9 Å². The van der Waals surface area contributed by atoms with Gasteiger partial charge in [0, 0.05) is 10.5 Å². The minimum absolute atomic E-state index is 0.195. The van der Waals surface area contributed by atoms with Crippen LogP contribution in [-0.2, 0) is 0 Å². The molecule has 1 aromatic heterocycles. The van der Waals surface area contributed by atoms with Crippen molar-refractivity contribution in [2.24, 2.45) is 0 Å². The molecule has 0 atom stereocenters. The second-order valence-electron chi connectivity index (χ2n) is 3.42. The highest BCUT2D eigenvalue weighted by molar-refractivity contribution is 7.99. The van der Waals surface area contributed by atoms with E-state index >= 15 is 0 Å². The van der Waals surface area contributed by atoms with Crippen molar-refractivity contribution in [1.82, 2.24) is 10.2 Å². The topological polar surface area (TPSA) is 66.0 Å². The quantitative estimate of drug-likeness (QED) is 0.816. The van der Waals surface area contributed by atoms with Crippen LogP contribution in [0.1, 0.15) is 17.3 Å². The lowest BCUT2D eigenvalue weighted by atomic mass is 10.1. The van der Waals surface area contributed by atoms with Gasteiger partial charge in [-0.3, -0.25) is 5.10 Å². The number of carboxylic acids is 1. The summed E-state index contributed by atoms with van der Waals surface area (Å²) in [7, 11) is 0. The lowest BCUT2D eigenvalue weighted by Gasteiger charge is -2.02. The monoisotopic (exact) mass is 248 g/mol. The zero-order valence-corrected chi connectivity index (χ0v) is 10.1. The highest BCUT2D eigenvalue weighted by Crippen LogP contribution is 2.24. The average Bonchev–Trinajstić information content (AvgIpc) is 2.79. The third-order valence-corrected chi connectivity index (χ3v) is 3.22. The van der Waals surface area contributed by atoms with Gasteiger partial charge in [0.1, 0.15) is 5.56 Å². The molecule has 17 heavy (non-hydrogen) atoms. The van der Waals surface area contributed by atoms with E-state index in [0.29, 0.717) is 5.69 Å². The van der Waals surface area contributed by atoms with Gasteiger partial charge in [0.15, 0.2) is 0 Å². The predicted octanol–water partition coefficient (Wildman–Crippen LogP) is 2.89. The first-order chi connectivity index (χ1) is 8.22. The Kier molecular flexibility index (Phi) is 3.49. The molecule has 0 radical (unpaired) electrons. The number of aromatic amines is 1. The van der Waals surface area contributed by atoms with Crippen LogP contribution in [0.5, 0.6) is 0 Å². The van der Waals surface area contributed by atoms with Gasteiger partial charge in [0.2, 0.25) is 0 Å². The fraction of sp³-hybridized carbons (Fsp3) is 0.167. The van der Waals surface area contributed by atoms with Crippen molar-refractivity contribution in [1.29, 1.82) is 0 Å². The van der Waals surface area contributed by atoms with Gasteiger partial charge in [-0.1, -0.05) is 19.1 Å². The summed E-state index contributed by atoms with van der Waals surface area (Å²) in [4.78, 5) is 12.1. The number of carboxylic acid groups (broad SMARTS) is 1. The molecule has 0 fully saturated rings. The molecular formula is C12H12N2O2S. The third kappa shape index (κ3) is 2.50. The van der Waals surface area contributed by atoms with E-state index in [1.54, 1.807) is 11.8 Å². The molecule has 2 N–H and O–H groups in total. The van der Waals surface area contributed by atoms with E-state index < -0.39 is 5.97 Å². The lowest BCUT2D eigenvalue weighted by Crippen LogP contribution is -1.96. The average molecular weight is 248 g/mol. The molecule has 0 bridgehead atoms. The zero-order valence-electron chi connectivity index (χ0n) is 9.30. The van der Waals surface area contributed by atoms with Crippen LogP contribution in [0.2, 0.25) is 0 Å². The molecule has 1 heterocycles. The van der Waals surface area contributed by atoms with E-state index in [1.807, 2.05) is 24.3 Å². The normalized spacial score (nSPS) is 10.4. The fourth-order valence-corrected chi connectivity index (χ4v) is 2.21. The number of H-pyrrole nitrogens is 1. The van der Waals surface area contributed by atoms with Crippen LogP contribution in [-0.4, -0.2) is 27.0 Å². The maximum absolute atomic E-state index is 11.0. The molecule has 88 valence electrons. The maximum Gasteiger partial charge on any atom is 0.339 e. The molecule has 0 amide bonds. The lowest BCUT2D eigenvalue weighted by molar-refractivity contribution is 0.0698. The number of nitrogens with zero attached hydrogens (tertiary/aromatic N) is 1. The van der Waals surface area contributed by atoms with Crippen LogP contribution < -0.4 is 0 Å². The Balaban J connectivity index is 2.33. The molecule has 0 aliphatic heterocycles. The van der Waals surface area contributed by atoms with E-state index in [1.165, 1.54) is 11.1 Å². The van der Waals surface area contributed by atoms with Crippen molar-refractivity contribution < 1.29 is 9.90 Å². The first-order valence-corrected chi connectivity index (χ1v) is 6.21. The highest BCUT2D eigenvalue weighted by atomic mass is 32.2. The molecule has 5 heteroatoms. The van der Waals surface area contributed by atoms with Gasteiger partial charge in [0.25, 0.3) is 0 Å². The van der Waals surface area contributed by atoms with Crippen molar-refractivity contribution in [3.8, 4) is 11.3 Å². The summed E-state index contributed by atoms with van der Waals surface area (Å²) in [6, 6.07) is 7.77. The Morgan fingerprint density at radius 1 is 1.41 bits per heavy atom. The first kappa shape index (κ1) is 11.7. The smallest absolute Gasteiger partial charge is 0.339 e. The SMILES string of the molecule is CCSc1ccc(-c2[nH]ncc2C(=O)O)cc1. The van der Waals surface area contributed by atoms with Gasteiger partial charge >= 0.3 is 5.97 Å². The van der Waals surface area contributed by atoms with E-state index in [-0.39, 0.29) is 5.56 Å². The molecular weight excluding hydrogens is 236 g/mol. The molecule has 0 saturated heterocycles. The Hall–Kier alpha value is -1.75. The molecule has 0 spiro atoms. The van der Waals surface area contributed by atoms with Crippen LogP contribution in [0.15, 0.2) is 35.4 Å². The van der Waals surface area contributed by atoms with Gasteiger partial charge < -0.3 is 5.11 Å². The number of aromatic nitrogens is 2. The van der Waals surface area contributed by atoms with Crippen LogP contribution in [0.25, 0.3) is 11.3 Å². The molecule has 0 saturated carbocycles. The van der Waals surface area contributed by atoms with E-state index in [4.69, 9.17) is 5.11 Å². The number of thioether (sulfide) groups is 1. The third-order valence-electron chi connectivity index (χ3n) is 2.32. The van der Waals surface area contributed by atoms with Crippen molar-refractivity contribution in [3.63, 3.8) is 0 Å². The number of nitrogens with one attached hydrogen (secondary N) is 1. The number of hydrogen-bond donors (Lipinski definition) is 2. The Morgan fingerprint density at radius 3 is 2.71 bits per heavy atom. The summed E-state index contributed by atoms with van der Waals surface area (Å²) < 4.78 is 0. The van der Waals surface area contributed by atoms with E-state index in [2.05, 4.69) is 17.1 Å². The summed E-state index contributed by atoms with van der Waals surface area (Å²) >= 11 is 1.75. The van der Waals surface area contributed by atoms with Crippen molar-refractivity contribution >= 4 is 17.7 Å². The second kappa shape index (κ2) is 5.05. The summed E-state index contributed by atoms with van der Waals surface area (Å²) in [6.07, 6.45) is 1.33. The summed E-state index contributed by atoms with van der Waals surface area (Å²) in [5, 5.41) is 15.5. The predicted molar refractivity (Wildman–Crippen MR) is 67.4 cm³/mol. The molecule has 0 aliphatic carbocycles. The van der Waals surface area contributed by atoms with Crippen LogP contribution in [0.3, 0.4) is 0 Å². The maximum atomic E-state index is 11.0. The van der Waals surface area contributed by atoms with Crippen molar-refractivity contribution in [2.75, 3.05) is 5.75 Å². The van der Waals surface area contributed by atoms with E-state index in [0.717, 1.165) is 11.3 Å². The summed E-state index contributed by atoms with van der Waals surface area (Å²) in [6.45, 7) is 2.09. The highest BCUT2D eigenvalue weighted by Gasteiger charge is 2.13. The number of hydrogen-bond acceptors (Lipinski definition) is 3. The molecule has 4 nitrogen and oxygen atoms in total. The fourth-order valence-electron chi connectivity index (χ4n) is 1.55. The minimum atomic E-state index is -0.972. The van der Waals surface area contributed by atoms with Gasteiger partial charge in [-0.05, 0) is 17.9 Å². The summed E-state index contributed by atoms with van der Waals surface area (Å²) in [5.74, 6) is 0.0461. The Labute approximate surface area is 103 Å². The van der Waals surface area contributed by atoms with Gasteiger partial charge in [-0.2, -0.15) is 5.10 Å². The minimum Gasteiger partial charge on any atom is -0.478 e. The molecule has 0 unspecified atom stereocenters. The van der Waals surface area contributed by atoms with Crippen molar-refractivity contribution in [2.45, 2.75) is 11.8 Å². The first-order valence-electron chi connectivity index (χ1n) is 5.22. The zero-order chi connectivity index (χ0) is 12.3. The van der Waals surface area contributed by atoms with E-state index in [9.17, 15) is 4.79 Å². The largest absolute Gasteiger partial charge is 0.478 e. The molecule has 1 aromatic carbocycles. The van der Waals surface area contributed by atoms with Crippen LogP contribution in [0.4, 0.5) is 0 Å². The number of benzene rings is 1. The molecule has 2 rings (SSSR count). The number of aromatic carboxylic acids is 1. The van der Waals surface area contributed by atoms with Crippen LogP contribution >= 0.6 is 11.8 Å². The molecule has 2 aromatic rings. The van der Waals surface area contributed by atoms with Crippen molar-refractivity contribution in [3.05, 3.63) is 36.0 Å². The number of rotatable bonds is 4. The second-order valence-corrected chi connectivity index (χ2v) is 4.76. The van der Waals surface area contributed by atoms with Gasteiger partial charge in [-0.15, -0.1) is 11.8 Å². The number of carbonyl (C=O) groups is 1. The Bertz CT molecular complexity index is 520. The summed E-state index contributed by atoms with van der Waals surface area (Å²) in [5.41, 5.74) is 1.58.